The summed E-state index contributed by atoms with van der Waals surface area (Å²) in [6.07, 6.45) is 7.69. The number of hydrogen-bond donors (Lipinski definition) is 2. The van der Waals surface area contributed by atoms with Gasteiger partial charge in [0, 0.05) is 38.4 Å². The van der Waals surface area contributed by atoms with E-state index in [1.165, 1.54) is 12.8 Å². The second-order valence-corrected chi connectivity index (χ2v) is 5.54. The maximum atomic E-state index is 4.62. The van der Waals surface area contributed by atoms with E-state index >= 15 is 0 Å². The quantitative estimate of drug-likeness (QED) is 0.629. The first-order chi connectivity index (χ1) is 10.3. The molecular weight excluding hydrogens is 262 g/mol. The van der Waals surface area contributed by atoms with Gasteiger partial charge in [-0.15, -0.1) is 0 Å². The fourth-order valence-electron chi connectivity index (χ4n) is 2.28. The summed E-state index contributed by atoms with van der Waals surface area (Å²) in [5.74, 6) is 1.74. The smallest absolute Gasteiger partial charge is 0.191 e. The van der Waals surface area contributed by atoms with Crippen LogP contribution in [0.25, 0.3) is 5.65 Å². The highest BCUT2D eigenvalue weighted by Crippen LogP contribution is 2.28. The van der Waals surface area contributed by atoms with Crippen LogP contribution in [0.2, 0.25) is 0 Å². The second kappa shape index (κ2) is 6.61. The monoisotopic (exact) mass is 285 g/mol. The summed E-state index contributed by atoms with van der Waals surface area (Å²) in [4.78, 5) is 9.22. The number of imidazole rings is 1. The maximum absolute atomic E-state index is 4.62. The largest absolute Gasteiger partial charge is 0.357 e. The van der Waals surface area contributed by atoms with Crippen molar-refractivity contribution in [3.8, 4) is 0 Å². The van der Waals surface area contributed by atoms with E-state index in [1.54, 1.807) is 0 Å². The molecule has 3 rings (SSSR count). The molecule has 0 bridgehead atoms. The van der Waals surface area contributed by atoms with E-state index in [9.17, 15) is 0 Å². The van der Waals surface area contributed by atoms with Crippen molar-refractivity contribution in [3.05, 3.63) is 36.3 Å². The van der Waals surface area contributed by atoms with Crippen molar-refractivity contribution in [2.75, 3.05) is 19.6 Å². The highest BCUT2D eigenvalue weighted by Gasteiger charge is 2.20. The third-order valence-corrected chi connectivity index (χ3v) is 3.64. The minimum atomic E-state index is 0.818. The van der Waals surface area contributed by atoms with Gasteiger partial charge in [0.2, 0.25) is 0 Å². The van der Waals surface area contributed by atoms with E-state index in [2.05, 4.69) is 38.1 Å². The summed E-state index contributed by atoms with van der Waals surface area (Å²) in [5, 5.41) is 6.68. The summed E-state index contributed by atoms with van der Waals surface area (Å²) < 4.78 is 2.06. The molecule has 0 amide bonds. The number of hydrogen-bond acceptors (Lipinski definition) is 2. The van der Waals surface area contributed by atoms with Crippen LogP contribution >= 0.6 is 0 Å². The van der Waals surface area contributed by atoms with Gasteiger partial charge in [-0.1, -0.05) is 6.07 Å². The average molecular weight is 285 g/mol. The fraction of sp³-hybridized carbons (Fsp3) is 0.500. The van der Waals surface area contributed by atoms with Crippen molar-refractivity contribution in [2.45, 2.75) is 26.2 Å². The molecule has 0 saturated heterocycles. The van der Waals surface area contributed by atoms with Gasteiger partial charge in [0.15, 0.2) is 5.96 Å². The van der Waals surface area contributed by atoms with E-state index < -0.39 is 0 Å². The minimum absolute atomic E-state index is 0.818. The van der Waals surface area contributed by atoms with Gasteiger partial charge in [-0.3, -0.25) is 4.99 Å². The molecule has 5 nitrogen and oxygen atoms in total. The predicted octanol–water partition coefficient (Wildman–Crippen LogP) is 1.84. The number of aliphatic imine (C=N–C) groups is 1. The molecule has 0 aromatic carbocycles. The standard InChI is InChI=1S/C16H23N5/c1-2-17-16(19-11-13-6-7-13)18-9-8-14-12-21-10-4-3-5-15(21)20-14/h3-5,10,12-13H,2,6-9,11H2,1H3,(H2,17,18,19). The minimum Gasteiger partial charge on any atom is -0.357 e. The Bertz CT molecular complexity index is 579. The lowest BCUT2D eigenvalue weighted by atomic mass is 10.3. The molecule has 21 heavy (non-hydrogen) atoms. The predicted molar refractivity (Wildman–Crippen MR) is 85.6 cm³/mol. The Morgan fingerprint density at radius 2 is 2.29 bits per heavy atom. The number of rotatable bonds is 6. The van der Waals surface area contributed by atoms with E-state index in [-0.39, 0.29) is 0 Å². The summed E-state index contributed by atoms with van der Waals surface area (Å²) >= 11 is 0. The first kappa shape index (κ1) is 13.9. The van der Waals surface area contributed by atoms with Crippen molar-refractivity contribution in [1.82, 2.24) is 20.0 Å². The highest BCUT2D eigenvalue weighted by atomic mass is 15.2. The number of guanidine groups is 1. The van der Waals surface area contributed by atoms with Crippen molar-refractivity contribution >= 4 is 11.6 Å². The van der Waals surface area contributed by atoms with Crippen molar-refractivity contribution in [2.24, 2.45) is 10.9 Å². The van der Waals surface area contributed by atoms with Crippen molar-refractivity contribution in [1.29, 1.82) is 0 Å². The molecule has 1 fully saturated rings. The Balaban J connectivity index is 1.52. The molecular formula is C16H23N5. The highest BCUT2D eigenvalue weighted by molar-refractivity contribution is 5.79. The van der Waals surface area contributed by atoms with E-state index in [0.717, 1.165) is 49.3 Å². The summed E-state index contributed by atoms with van der Waals surface area (Å²) in [5.41, 5.74) is 2.11. The van der Waals surface area contributed by atoms with Gasteiger partial charge in [0.05, 0.1) is 5.69 Å². The van der Waals surface area contributed by atoms with Gasteiger partial charge in [0.1, 0.15) is 5.65 Å². The lowest BCUT2D eigenvalue weighted by Crippen LogP contribution is -2.38. The van der Waals surface area contributed by atoms with Crippen molar-refractivity contribution in [3.63, 3.8) is 0 Å². The topological polar surface area (TPSA) is 53.7 Å². The normalized spacial score (nSPS) is 15.4. The van der Waals surface area contributed by atoms with Crippen LogP contribution in [-0.2, 0) is 6.42 Å². The molecule has 5 heteroatoms. The van der Waals surface area contributed by atoms with Crippen LogP contribution in [0.4, 0.5) is 0 Å². The molecule has 2 heterocycles. The first-order valence-electron chi connectivity index (χ1n) is 7.80. The zero-order valence-electron chi connectivity index (χ0n) is 12.5. The number of nitrogens with zero attached hydrogens (tertiary/aromatic N) is 3. The number of aromatic nitrogens is 2. The van der Waals surface area contributed by atoms with E-state index in [0.29, 0.717) is 0 Å². The Morgan fingerprint density at radius 1 is 1.38 bits per heavy atom. The Kier molecular flexibility index (Phi) is 4.38. The molecule has 0 aliphatic heterocycles. The Hall–Kier alpha value is -2.04. The van der Waals surface area contributed by atoms with E-state index in [1.807, 2.05) is 24.4 Å². The molecule has 0 unspecified atom stereocenters. The summed E-state index contributed by atoms with van der Waals surface area (Å²) in [6.45, 7) is 4.78. The molecule has 0 spiro atoms. The average Bonchev–Trinajstić information content (AvgIpc) is 3.23. The van der Waals surface area contributed by atoms with Crippen LogP contribution in [0.5, 0.6) is 0 Å². The fourth-order valence-corrected chi connectivity index (χ4v) is 2.28. The van der Waals surface area contributed by atoms with Gasteiger partial charge in [-0.05, 0) is 37.8 Å². The third-order valence-electron chi connectivity index (χ3n) is 3.64. The molecule has 0 atom stereocenters. The zero-order valence-corrected chi connectivity index (χ0v) is 12.5. The van der Waals surface area contributed by atoms with Crippen LogP contribution < -0.4 is 10.6 Å². The van der Waals surface area contributed by atoms with Gasteiger partial charge in [0.25, 0.3) is 0 Å². The first-order valence-corrected chi connectivity index (χ1v) is 7.80. The molecule has 1 aliphatic carbocycles. The Morgan fingerprint density at radius 3 is 3.05 bits per heavy atom. The SMILES string of the molecule is CCNC(=NCC1CC1)NCCc1cn2ccccc2n1. The van der Waals surface area contributed by atoms with Crippen LogP contribution in [0, 0.1) is 5.92 Å². The van der Waals surface area contributed by atoms with Crippen LogP contribution in [0.3, 0.4) is 0 Å². The molecule has 2 aromatic heterocycles. The molecule has 0 radical (unpaired) electrons. The molecule has 1 aliphatic rings. The third kappa shape index (κ3) is 3.97. The zero-order chi connectivity index (χ0) is 14.5. The van der Waals surface area contributed by atoms with Crippen LogP contribution in [-0.4, -0.2) is 35.0 Å². The van der Waals surface area contributed by atoms with Crippen LogP contribution in [0.15, 0.2) is 35.6 Å². The number of nitrogens with one attached hydrogen (secondary N) is 2. The van der Waals surface area contributed by atoms with Crippen LogP contribution in [0.1, 0.15) is 25.5 Å². The van der Waals surface area contributed by atoms with Crippen molar-refractivity contribution < 1.29 is 0 Å². The molecule has 2 aromatic rings. The number of pyridine rings is 1. The van der Waals surface area contributed by atoms with E-state index in [4.69, 9.17) is 0 Å². The second-order valence-electron chi connectivity index (χ2n) is 5.54. The maximum Gasteiger partial charge on any atom is 0.191 e. The molecule has 2 N–H and O–H groups in total. The van der Waals surface area contributed by atoms with Gasteiger partial charge < -0.3 is 15.0 Å². The van der Waals surface area contributed by atoms with Gasteiger partial charge >= 0.3 is 0 Å². The summed E-state index contributed by atoms with van der Waals surface area (Å²) in [7, 11) is 0. The lowest BCUT2D eigenvalue weighted by molar-refractivity contribution is 0.772. The van der Waals surface area contributed by atoms with Gasteiger partial charge in [-0.2, -0.15) is 0 Å². The summed E-state index contributed by atoms with van der Waals surface area (Å²) in [6, 6.07) is 6.06. The van der Waals surface area contributed by atoms with Gasteiger partial charge in [-0.25, -0.2) is 4.98 Å². The molecule has 1 saturated carbocycles. The Labute approximate surface area is 125 Å². The molecule has 112 valence electrons. The number of fused-ring (bicyclic) bond motifs is 1. The lowest BCUT2D eigenvalue weighted by Gasteiger charge is -2.10.